The number of ketones is 1. The first-order valence-electron chi connectivity index (χ1n) is 13.2. The Hall–Kier alpha value is -3.43. The lowest BCUT2D eigenvalue weighted by Gasteiger charge is -2.29. The normalized spacial score (nSPS) is 19.7. The van der Waals surface area contributed by atoms with Crippen molar-refractivity contribution in [3.63, 3.8) is 0 Å². The van der Waals surface area contributed by atoms with Crippen molar-refractivity contribution in [1.29, 1.82) is 0 Å². The number of halogens is 1. The average Bonchev–Trinajstić information content (AvgIpc) is 3.18. The summed E-state index contributed by atoms with van der Waals surface area (Å²) in [4.78, 5) is 30.3. The highest BCUT2D eigenvalue weighted by Crippen LogP contribution is 2.42. The maximum Gasteiger partial charge on any atom is 0.295 e. The van der Waals surface area contributed by atoms with Crippen LogP contribution in [0, 0.1) is 5.82 Å². The predicted octanol–water partition coefficient (Wildman–Crippen LogP) is 4.16. The number of aliphatic hydroxyl groups excluding tert-OH is 1. The molecule has 2 saturated heterocycles. The van der Waals surface area contributed by atoms with Crippen LogP contribution in [0.15, 0.2) is 48.0 Å². The molecule has 0 aromatic heterocycles. The van der Waals surface area contributed by atoms with Crippen molar-refractivity contribution in [2.45, 2.75) is 32.7 Å². The van der Waals surface area contributed by atoms with Crippen molar-refractivity contribution in [3.05, 3.63) is 65.0 Å². The Morgan fingerprint density at radius 3 is 2.45 bits per heavy atom. The molecule has 2 aromatic rings. The number of carbonyl (C=O) groups is 2. The lowest BCUT2D eigenvalue weighted by molar-refractivity contribution is -0.140. The molecule has 0 aliphatic carbocycles. The molecule has 2 aliphatic heterocycles. The van der Waals surface area contributed by atoms with Crippen LogP contribution in [-0.2, 0) is 14.3 Å². The molecule has 0 spiro atoms. The number of Topliss-reactive ketones (excluding diaryl/α,β-unsaturated/α-hetero) is 1. The lowest BCUT2D eigenvalue weighted by atomic mass is 9.95. The second-order valence-corrected chi connectivity index (χ2v) is 9.29. The molecule has 1 atom stereocenters. The summed E-state index contributed by atoms with van der Waals surface area (Å²) in [6, 6.07) is 9.67. The Bertz CT molecular complexity index is 1160. The Kier molecular flexibility index (Phi) is 9.36. The van der Waals surface area contributed by atoms with E-state index in [-0.39, 0.29) is 16.9 Å². The predicted molar refractivity (Wildman–Crippen MR) is 141 cm³/mol. The Balaban J connectivity index is 1.72. The van der Waals surface area contributed by atoms with Crippen LogP contribution in [0.25, 0.3) is 5.76 Å². The van der Waals surface area contributed by atoms with Crippen LogP contribution in [0.2, 0.25) is 0 Å². The lowest BCUT2D eigenvalue weighted by Crippen LogP contribution is -2.39. The number of rotatable bonds is 11. The molecule has 0 saturated carbocycles. The first-order valence-corrected chi connectivity index (χ1v) is 13.2. The number of ether oxygens (including phenoxy) is 3. The highest BCUT2D eigenvalue weighted by atomic mass is 19.1. The number of likely N-dealkylation sites (tertiary alicyclic amines) is 1. The minimum absolute atomic E-state index is 0.0299. The summed E-state index contributed by atoms with van der Waals surface area (Å²) in [6.07, 6.45) is 1.48. The number of hydrogen-bond donors (Lipinski definition) is 1. The Morgan fingerprint density at radius 2 is 1.76 bits per heavy atom. The van der Waals surface area contributed by atoms with Gasteiger partial charge in [-0.2, -0.15) is 0 Å². The van der Waals surface area contributed by atoms with Crippen LogP contribution in [-0.4, -0.2) is 79.2 Å². The third-order valence-electron chi connectivity index (χ3n) is 6.68. The van der Waals surface area contributed by atoms with Crippen LogP contribution >= 0.6 is 0 Å². The first-order chi connectivity index (χ1) is 18.4. The fraction of sp³-hybridized carbons (Fsp3) is 0.448. The third kappa shape index (κ3) is 6.16. The molecular formula is C29H35FN2O6. The molecule has 2 aliphatic rings. The number of benzene rings is 2. The topological polar surface area (TPSA) is 88.5 Å². The number of nitrogens with zero attached hydrogens (tertiary/aromatic N) is 2. The van der Waals surface area contributed by atoms with Gasteiger partial charge in [0.2, 0.25) is 0 Å². The van der Waals surface area contributed by atoms with Crippen LogP contribution in [0.4, 0.5) is 4.39 Å². The first kappa shape index (κ1) is 27.6. The van der Waals surface area contributed by atoms with Gasteiger partial charge in [-0.3, -0.25) is 14.5 Å². The summed E-state index contributed by atoms with van der Waals surface area (Å²) in [5, 5.41) is 11.2. The van der Waals surface area contributed by atoms with E-state index in [0.29, 0.717) is 56.5 Å². The van der Waals surface area contributed by atoms with E-state index in [1.54, 1.807) is 18.2 Å². The quantitative estimate of drug-likeness (QED) is 0.267. The standard InChI is InChI=1S/C29H35FN2O6/c1-3-16-38-23-11-8-21(19-24(23)37-4-2)26-25(27(33)20-6-9-22(30)10-7-20)28(34)29(35)32(26)13-5-12-31-14-17-36-18-15-31/h6-11,19,26,33H,3-5,12-18H2,1-2H3/b27-25+. The second-order valence-electron chi connectivity index (χ2n) is 9.29. The molecule has 1 amide bonds. The van der Waals surface area contributed by atoms with Crippen molar-refractivity contribution >= 4 is 17.4 Å². The van der Waals surface area contributed by atoms with Crippen molar-refractivity contribution in [3.8, 4) is 11.5 Å². The monoisotopic (exact) mass is 526 g/mol. The molecule has 4 rings (SSSR count). The highest BCUT2D eigenvalue weighted by Gasteiger charge is 2.46. The zero-order valence-electron chi connectivity index (χ0n) is 22.0. The van der Waals surface area contributed by atoms with E-state index in [1.807, 2.05) is 13.8 Å². The molecule has 2 heterocycles. The maximum absolute atomic E-state index is 13.5. The minimum atomic E-state index is -0.829. The van der Waals surface area contributed by atoms with Gasteiger partial charge >= 0.3 is 0 Å². The van der Waals surface area contributed by atoms with Gasteiger partial charge in [-0.05, 0) is 61.7 Å². The Morgan fingerprint density at radius 1 is 1.03 bits per heavy atom. The number of morpholine rings is 1. The van der Waals surface area contributed by atoms with E-state index >= 15 is 0 Å². The van der Waals surface area contributed by atoms with Gasteiger partial charge in [0.25, 0.3) is 11.7 Å². The van der Waals surface area contributed by atoms with Crippen molar-refractivity contribution < 1.29 is 33.3 Å². The van der Waals surface area contributed by atoms with E-state index in [9.17, 15) is 19.1 Å². The van der Waals surface area contributed by atoms with E-state index in [0.717, 1.165) is 26.1 Å². The van der Waals surface area contributed by atoms with Crippen LogP contribution < -0.4 is 9.47 Å². The molecule has 2 aromatic carbocycles. The smallest absolute Gasteiger partial charge is 0.295 e. The van der Waals surface area contributed by atoms with Crippen molar-refractivity contribution in [2.75, 3.05) is 52.6 Å². The van der Waals surface area contributed by atoms with Crippen molar-refractivity contribution in [2.24, 2.45) is 0 Å². The minimum Gasteiger partial charge on any atom is -0.507 e. The van der Waals surface area contributed by atoms with Gasteiger partial charge in [0.1, 0.15) is 11.6 Å². The molecule has 9 heteroatoms. The molecule has 8 nitrogen and oxygen atoms in total. The largest absolute Gasteiger partial charge is 0.507 e. The van der Waals surface area contributed by atoms with Gasteiger partial charge in [0.15, 0.2) is 11.5 Å². The van der Waals surface area contributed by atoms with Gasteiger partial charge in [0, 0.05) is 31.7 Å². The maximum atomic E-state index is 13.5. The van der Waals surface area contributed by atoms with Gasteiger partial charge in [-0.15, -0.1) is 0 Å². The molecule has 2 fully saturated rings. The number of amides is 1. The Labute approximate surface area is 222 Å². The van der Waals surface area contributed by atoms with Crippen LogP contribution in [0.1, 0.15) is 43.9 Å². The fourth-order valence-electron chi connectivity index (χ4n) is 4.80. The molecule has 1 unspecified atom stereocenters. The molecular weight excluding hydrogens is 491 g/mol. The number of carbonyl (C=O) groups excluding carboxylic acids is 2. The van der Waals surface area contributed by atoms with Crippen LogP contribution in [0.5, 0.6) is 11.5 Å². The summed E-state index contributed by atoms with van der Waals surface area (Å²) in [5.74, 6) is -1.18. The number of hydrogen-bond acceptors (Lipinski definition) is 7. The summed E-state index contributed by atoms with van der Waals surface area (Å²) >= 11 is 0. The van der Waals surface area contributed by atoms with Crippen LogP contribution in [0.3, 0.4) is 0 Å². The van der Waals surface area contributed by atoms with Gasteiger partial charge < -0.3 is 24.2 Å². The molecule has 38 heavy (non-hydrogen) atoms. The van der Waals surface area contributed by atoms with E-state index in [4.69, 9.17) is 14.2 Å². The zero-order chi connectivity index (χ0) is 27.1. The molecule has 1 N–H and O–H groups in total. The number of aliphatic hydroxyl groups is 1. The summed E-state index contributed by atoms with van der Waals surface area (Å²) < 4.78 is 30.6. The summed E-state index contributed by atoms with van der Waals surface area (Å²) in [5.41, 5.74) is 0.847. The molecule has 0 radical (unpaired) electrons. The van der Waals surface area contributed by atoms with Crippen molar-refractivity contribution in [1.82, 2.24) is 9.80 Å². The SMILES string of the molecule is CCCOc1ccc(C2/C(=C(\O)c3ccc(F)cc3)C(=O)C(=O)N2CCCN2CCOCC2)cc1OCC. The molecule has 204 valence electrons. The van der Waals surface area contributed by atoms with Gasteiger partial charge in [-0.25, -0.2) is 4.39 Å². The fourth-order valence-corrected chi connectivity index (χ4v) is 4.80. The van der Waals surface area contributed by atoms with E-state index in [1.165, 1.54) is 29.2 Å². The molecule has 0 bridgehead atoms. The van der Waals surface area contributed by atoms with E-state index in [2.05, 4.69) is 4.90 Å². The van der Waals surface area contributed by atoms with E-state index < -0.39 is 23.5 Å². The second kappa shape index (κ2) is 12.9. The van der Waals surface area contributed by atoms with Gasteiger partial charge in [0.05, 0.1) is 38.0 Å². The summed E-state index contributed by atoms with van der Waals surface area (Å²) in [6.45, 7) is 8.87. The van der Waals surface area contributed by atoms with Gasteiger partial charge in [-0.1, -0.05) is 13.0 Å². The summed E-state index contributed by atoms with van der Waals surface area (Å²) in [7, 11) is 0. The third-order valence-corrected chi connectivity index (χ3v) is 6.68. The highest BCUT2D eigenvalue weighted by molar-refractivity contribution is 6.46. The average molecular weight is 527 g/mol. The zero-order valence-corrected chi connectivity index (χ0v) is 22.0.